The van der Waals surface area contributed by atoms with Crippen molar-refractivity contribution in [2.75, 3.05) is 6.54 Å². The smallest absolute Gasteiger partial charge is 0.288 e. The van der Waals surface area contributed by atoms with Gasteiger partial charge in [-0.15, -0.1) is 0 Å². The van der Waals surface area contributed by atoms with Crippen molar-refractivity contribution in [2.45, 2.75) is 70.1 Å². The maximum absolute atomic E-state index is 18.5. The Labute approximate surface area is 483 Å². The van der Waals surface area contributed by atoms with Gasteiger partial charge in [0.05, 0.1) is 34.4 Å². The van der Waals surface area contributed by atoms with Crippen molar-refractivity contribution in [3.63, 3.8) is 0 Å². The molecule has 0 spiro atoms. The monoisotopic (exact) mass is 1140 g/mol. The molecule has 0 N–H and O–H groups in total. The van der Waals surface area contributed by atoms with E-state index in [2.05, 4.69) is 0 Å². The summed E-state index contributed by atoms with van der Waals surface area (Å²) in [4.78, 5) is 17.1. The first kappa shape index (κ1) is 58.4. The number of hydrogen-bond donors (Lipinski definition) is 0. The van der Waals surface area contributed by atoms with E-state index in [0.29, 0.717) is 40.7 Å². The summed E-state index contributed by atoms with van der Waals surface area (Å²) in [6.45, 7) is 0.737. The van der Waals surface area contributed by atoms with Gasteiger partial charge in [0.1, 0.15) is 41.4 Å². The first-order valence-corrected chi connectivity index (χ1v) is 28.0. The molecule has 0 aliphatic carbocycles. The standard InChI is InChI=1S/C73H59F9NO/c1-2-3-19-44-83(48-52-30-15-7-16-31-52,72(67-59(74)36-21-37-60(67)75,68-61(76)38-22-39-62(68)77)69-63(78)40-23-41-64(69)79)70-65(54-34-20-35-55(47-54)73(80,81)82)58(46-51-28-13-6-14-29-51)57(45-50-26-11-5-12-27-50)56(43-42-49-24-9-4-10-25-49)66(70)71(84)53-32-17-8-18-33-53/h4-18,20-41,47H,2-3,19,42-46,48H2,1H3/q+1. The molecule has 0 heterocycles. The van der Waals surface area contributed by atoms with Gasteiger partial charge in [0.25, 0.3) is 0 Å². The Bertz CT molecular complexity index is 3720. The van der Waals surface area contributed by atoms with Crippen LogP contribution in [0.25, 0.3) is 11.1 Å². The molecule has 0 bridgehead atoms. The van der Waals surface area contributed by atoms with E-state index in [-0.39, 0.29) is 60.0 Å². The lowest BCUT2D eigenvalue weighted by Crippen LogP contribution is -2.67. The summed E-state index contributed by atoms with van der Waals surface area (Å²) in [5, 5.41) is 0. The van der Waals surface area contributed by atoms with Crippen LogP contribution in [0.5, 0.6) is 0 Å². The third kappa shape index (κ3) is 11.5. The van der Waals surface area contributed by atoms with Gasteiger partial charge in [-0.3, -0.25) is 9.28 Å². The van der Waals surface area contributed by atoms with Gasteiger partial charge in [-0.25, -0.2) is 26.3 Å². The van der Waals surface area contributed by atoms with Gasteiger partial charge in [0, 0.05) is 16.7 Å². The highest BCUT2D eigenvalue weighted by molar-refractivity contribution is 6.16. The largest absolute Gasteiger partial charge is 0.416 e. The van der Waals surface area contributed by atoms with Crippen molar-refractivity contribution in [3.8, 4) is 11.1 Å². The molecule has 0 aromatic heterocycles. The normalized spacial score (nSPS) is 12.5. The molecule has 10 rings (SSSR count). The first-order valence-electron chi connectivity index (χ1n) is 28.0. The SMILES string of the molecule is CCCCC[N+](Cc1ccccc1)(c1c(C(=O)c2ccccc2)c(CCc2ccccc2)c(Cc2ccccc2)c(Cc2ccccc2)c1-c1cccc(C(F)(F)F)c1)C(c1c(F)cccc1F)(c1c(F)cccc1F)c1c(F)cccc1F. The highest BCUT2D eigenvalue weighted by Gasteiger charge is 2.65. The Hall–Kier alpha value is -8.80. The molecule has 10 aromatic carbocycles. The van der Waals surface area contributed by atoms with Crippen molar-refractivity contribution in [3.05, 3.63) is 338 Å². The molecule has 0 saturated carbocycles. The molecule has 84 heavy (non-hydrogen) atoms. The fraction of sp³-hybridized carbons (Fsp3) is 0.164. The van der Waals surface area contributed by atoms with Gasteiger partial charge in [0.15, 0.2) is 17.0 Å². The predicted molar refractivity (Wildman–Crippen MR) is 314 cm³/mol. The predicted octanol–water partition coefficient (Wildman–Crippen LogP) is 19.1. The summed E-state index contributed by atoms with van der Waals surface area (Å²) >= 11 is 0. The molecule has 10 aromatic rings. The third-order valence-electron chi connectivity index (χ3n) is 16.0. The minimum Gasteiger partial charge on any atom is -0.288 e. The van der Waals surface area contributed by atoms with Gasteiger partial charge < -0.3 is 0 Å². The molecule has 2 nitrogen and oxygen atoms in total. The first-order chi connectivity index (χ1) is 40.7. The zero-order valence-electron chi connectivity index (χ0n) is 46.1. The van der Waals surface area contributed by atoms with Gasteiger partial charge in [-0.05, 0) is 126 Å². The molecule has 11 heteroatoms. The number of unbranched alkanes of at least 4 members (excludes halogenated alkanes) is 2. The molecule has 0 saturated heterocycles. The number of quaternary nitrogens is 1. The number of ketones is 1. The Kier molecular flexibility index (Phi) is 17.6. The summed E-state index contributed by atoms with van der Waals surface area (Å²) in [6.07, 6.45) is -3.95. The van der Waals surface area contributed by atoms with E-state index in [1.54, 1.807) is 78.9 Å². The second-order valence-electron chi connectivity index (χ2n) is 21.2. The maximum atomic E-state index is 18.5. The number of aryl methyl sites for hydroxylation is 1. The Balaban J connectivity index is 1.62. The van der Waals surface area contributed by atoms with Gasteiger partial charge in [-0.2, -0.15) is 13.2 Å². The molecule has 1 unspecified atom stereocenters. The number of rotatable bonds is 21. The lowest BCUT2D eigenvalue weighted by molar-refractivity contribution is -0.137. The number of hydrogen-bond acceptors (Lipinski definition) is 1. The van der Waals surface area contributed by atoms with E-state index in [4.69, 9.17) is 0 Å². The van der Waals surface area contributed by atoms with E-state index >= 15 is 44.3 Å². The zero-order chi connectivity index (χ0) is 59.0. The van der Waals surface area contributed by atoms with Crippen molar-refractivity contribution in [2.24, 2.45) is 0 Å². The number of halogens is 9. The average molecular weight is 1140 g/mol. The summed E-state index contributed by atoms with van der Waals surface area (Å²) in [5.41, 5.74) is -4.96. The molecule has 0 amide bonds. The van der Waals surface area contributed by atoms with Crippen LogP contribution in [0.2, 0.25) is 0 Å². The number of nitrogens with zero attached hydrogens (tertiary/aromatic N) is 1. The minimum atomic E-state index is -4.98. The van der Waals surface area contributed by atoms with Crippen molar-refractivity contribution in [1.82, 2.24) is 4.48 Å². The van der Waals surface area contributed by atoms with Crippen LogP contribution in [0, 0.1) is 34.9 Å². The number of carbonyl (C=O) groups excluding carboxylic acids is 1. The maximum Gasteiger partial charge on any atom is 0.416 e. The zero-order valence-corrected chi connectivity index (χ0v) is 46.1. The van der Waals surface area contributed by atoms with E-state index in [9.17, 15) is 0 Å². The Morgan fingerprint density at radius 1 is 0.429 bits per heavy atom. The van der Waals surface area contributed by atoms with E-state index < -0.39 is 92.2 Å². The molecule has 424 valence electrons. The Morgan fingerprint density at radius 2 is 0.845 bits per heavy atom. The van der Waals surface area contributed by atoms with Crippen LogP contribution in [-0.4, -0.2) is 12.3 Å². The molecule has 1 atom stereocenters. The van der Waals surface area contributed by atoms with Crippen LogP contribution < -0.4 is 4.48 Å². The quantitative estimate of drug-likeness (QED) is 0.0230. The van der Waals surface area contributed by atoms with Crippen LogP contribution in [0.3, 0.4) is 0 Å². The summed E-state index contributed by atoms with van der Waals surface area (Å²) < 4.78 is 157. The molecular formula is C73H59F9NO+. The van der Waals surface area contributed by atoms with E-state index in [1.807, 2.05) is 79.7 Å². The van der Waals surface area contributed by atoms with Crippen molar-refractivity contribution < 1.29 is 44.3 Å². The molecule has 0 fully saturated rings. The lowest BCUT2D eigenvalue weighted by atomic mass is 9.69. The molecule has 0 aliphatic rings. The number of benzene rings is 10. The van der Waals surface area contributed by atoms with Gasteiger partial charge in [-0.1, -0.05) is 195 Å². The second-order valence-corrected chi connectivity index (χ2v) is 21.2. The highest BCUT2D eigenvalue weighted by Crippen LogP contribution is 2.60. The van der Waals surface area contributed by atoms with Crippen LogP contribution in [-0.2, 0) is 43.9 Å². The lowest BCUT2D eigenvalue weighted by Gasteiger charge is -2.55. The van der Waals surface area contributed by atoms with E-state index in [1.165, 1.54) is 12.1 Å². The third-order valence-corrected chi connectivity index (χ3v) is 16.0. The number of alkyl halides is 3. The van der Waals surface area contributed by atoms with Crippen LogP contribution in [0.15, 0.2) is 231 Å². The summed E-state index contributed by atoms with van der Waals surface area (Å²) in [6, 6.07) is 56.8. The second kappa shape index (κ2) is 25.4. The fourth-order valence-corrected chi connectivity index (χ4v) is 12.5. The van der Waals surface area contributed by atoms with Gasteiger partial charge in [0.2, 0.25) is 0 Å². The van der Waals surface area contributed by atoms with Crippen LogP contribution >= 0.6 is 0 Å². The van der Waals surface area contributed by atoms with Crippen molar-refractivity contribution >= 4 is 11.5 Å². The van der Waals surface area contributed by atoms with E-state index in [0.717, 1.165) is 77.9 Å². The average Bonchev–Trinajstić information content (AvgIpc) is 0.734. The van der Waals surface area contributed by atoms with Gasteiger partial charge >= 0.3 is 6.18 Å². The van der Waals surface area contributed by atoms with Crippen molar-refractivity contribution in [1.29, 1.82) is 0 Å². The number of carbonyl (C=O) groups is 1. The molecule has 0 radical (unpaired) electrons. The highest BCUT2D eigenvalue weighted by atomic mass is 19.4. The fourth-order valence-electron chi connectivity index (χ4n) is 12.5. The summed E-state index contributed by atoms with van der Waals surface area (Å²) in [7, 11) is 0. The minimum absolute atomic E-state index is 0.00652. The summed E-state index contributed by atoms with van der Waals surface area (Å²) in [5.74, 6) is -9.49. The topological polar surface area (TPSA) is 17.1 Å². The Morgan fingerprint density at radius 3 is 1.30 bits per heavy atom. The molecular weight excluding hydrogens is 1080 g/mol. The van der Waals surface area contributed by atoms with Crippen LogP contribution in [0.1, 0.15) is 103 Å². The van der Waals surface area contributed by atoms with Crippen LogP contribution in [0.4, 0.5) is 45.2 Å². The molecule has 0 aliphatic heterocycles.